The van der Waals surface area contributed by atoms with Crippen molar-refractivity contribution in [2.45, 2.75) is 38.9 Å². The monoisotopic (exact) mass is 694 g/mol. The van der Waals surface area contributed by atoms with Crippen molar-refractivity contribution < 1.29 is 34.7 Å². The minimum absolute atomic E-state index is 0.0153. The molecular formula is C45H42O7. The molecule has 264 valence electrons. The molecule has 6 aromatic rings. The van der Waals surface area contributed by atoms with Crippen molar-refractivity contribution in [2.75, 3.05) is 13.2 Å². The van der Waals surface area contributed by atoms with Gasteiger partial charge in [0.2, 0.25) is 0 Å². The molecule has 0 aliphatic heterocycles. The number of carbonyl (C=O) groups is 1. The van der Waals surface area contributed by atoms with Gasteiger partial charge in [-0.05, 0) is 60.4 Å². The van der Waals surface area contributed by atoms with Crippen molar-refractivity contribution >= 4 is 5.78 Å². The third kappa shape index (κ3) is 7.56. The van der Waals surface area contributed by atoms with Gasteiger partial charge in [0.05, 0.1) is 23.3 Å². The zero-order chi connectivity index (χ0) is 36.6. The first kappa shape index (κ1) is 35.9. The number of rotatable bonds is 14. The molecule has 0 saturated heterocycles. The van der Waals surface area contributed by atoms with E-state index in [2.05, 4.69) is 0 Å². The van der Waals surface area contributed by atoms with Crippen LogP contribution in [-0.4, -0.2) is 39.4 Å². The Morgan fingerprint density at radius 3 is 1.21 bits per heavy atom. The Hall–Kier alpha value is -5.89. The van der Waals surface area contributed by atoms with E-state index in [-0.39, 0.29) is 47.0 Å². The average Bonchev–Trinajstić information content (AvgIpc) is 3.17. The molecule has 0 saturated carbocycles. The van der Waals surface area contributed by atoms with Crippen LogP contribution in [-0.2, 0) is 22.3 Å². The number of phenols is 4. The maximum atomic E-state index is 14.5. The lowest BCUT2D eigenvalue weighted by Crippen LogP contribution is -2.12. The van der Waals surface area contributed by atoms with Gasteiger partial charge in [-0.25, -0.2) is 0 Å². The molecule has 0 heterocycles. The Bertz CT molecular complexity index is 1990. The van der Waals surface area contributed by atoms with E-state index in [1.165, 1.54) is 12.1 Å². The number of aromatic hydroxyl groups is 4. The number of hydrogen-bond donors (Lipinski definition) is 4. The predicted octanol–water partition coefficient (Wildman–Crippen LogP) is 9.71. The van der Waals surface area contributed by atoms with Gasteiger partial charge in [-0.3, -0.25) is 4.79 Å². The second-order valence-corrected chi connectivity index (χ2v) is 12.5. The fourth-order valence-electron chi connectivity index (χ4n) is 6.76. The molecule has 6 rings (SSSR count). The third-order valence-electron chi connectivity index (χ3n) is 9.30. The normalized spacial score (nSPS) is 12.3. The Kier molecular flexibility index (Phi) is 11.3. The van der Waals surface area contributed by atoms with Crippen LogP contribution < -0.4 is 0 Å². The molecule has 6 aromatic carbocycles. The van der Waals surface area contributed by atoms with E-state index in [0.717, 1.165) is 11.1 Å². The van der Waals surface area contributed by atoms with Gasteiger partial charge in [0.25, 0.3) is 0 Å². The summed E-state index contributed by atoms with van der Waals surface area (Å²) in [6, 6.07) is 39.4. The lowest BCUT2D eigenvalue weighted by molar-refractivity contribution is 0.0624. The predicted molar refractivity (Wildman–Crippen MR) is 203 cm³/mol. The fourth-order valence-corrected chi connectivity index (χ4v) is 6.76. The second kappa shape index (κ2) is 16.4. The van der Waals surface area contributed by atoms with Gasteiger partial charge in [-0.15, -0.1) is 0 Å². The third-order valence-corrected chi connectivity index (χ3v) is 9.30. The first-order valence-electron chi connectivity index (χ1n) is 17.5. The van der Waals surface area contributed by atoms with E-state index in [9.17, 15) is 25.2 Å². The van der Waals surface area contributed by atoms with Gasteiger partial charge < -0.3 is 29.9 Å². The van der Waals surface area contributed by atoms with Crippen LogP contribution in [0.1, 0.15) is 64.2 Å². The Labute approximate surface area is 304 Å². The zero-order valence-corrected chi connectivity index (χ0v) is 29.2. The van der Waals surface area contributed by atoms with Crippen LogP contribution in [0, 0.1) is 0 Å². The lowest BCUT2D eigenvalue weighted by Gasteiger charge is -2.23. The molecule has 0 spiro atoms. The van der Waals surface area contributed by atoms with Crippen molar-refractivity contribution in [2.24, 2.45) is 0 Å². The maximum Gasteiger partial charge on any atom is 0.200 e. The van der Waals surface area contributed by atoms with Crippen LogP contribution >= 0.6 is 0 Å². The summed E-state index contributed by atoms with van der Waals surface area (Å²) in [5.74, 6) is -1.08. The van der Waals surface area contributed by atoms with Crippen molar-refractivity contribution in [3.63, 3.8) is 0 Å². The number of phenolic OH excluding ortho intramolecular Hbond substituents is 4. The van der Waals surface area contributed by atoms with E-state index in [1.54, 1.807) is 60.7 Å². The van der Waals surface area contributed by atoms with Gasteiger partial charge in [0, 0.05) is 48.3 Å². The summed E-state index contributed by atoms with van der Waals surface area (Å²) in [6.07, 6.45) is -0.521. The largest absolute Gasteiger partial charge is 0.507 e. The van der Waals surface area contributed by atoms with Crippen LogP contribution in [0.4, 0.5) is 0 Å². The standard InChI is InChI=1S/C45H42O7/c1-3-51-41(29-15-7-5-8-16-29)27-37-31(33-19-11-13-21-39(33)46)23-25-35(44(37)49)43(48)36-26-24-32(34-20-12-14-22-40(34)47)38(45(36)50)28-42(52-4-2)30-17-9-6-10-18-30/h5-26,41-42,46-47,49-50H,3-4,27-28H2,1-2H3. The summed E-state index contributed by atoms with van der Waals surface area (Å²) >= 11 is 0. The summed E-state index contributed by atoms with van der Waals surface area (Å²) in [6.45, 7) is 4.62. The second-order valence-electron chi connectivity index (χ2n) is 12.5. The molecule has 0 aliphatic rings. The van der Waals surface area contributed by atoms with E-state index in [4.69, 9.17) is 9.47 Å². The van der Waals surface area contributed by atoms with E-state index < -0.39 is 18.0 Å². The van der Waals surface area contributed by atoms with Crippen molar-refractivity contribution in [3.05, 3.63) is 167 Å². The SMILES string of the molecule is CCOC(Cc1c(-c2ccccc2O)ccc(C(=O)c2ccc(-c3ccccc3O)c(CC(OCC)c3ccccc3)c2O)c1O)c1ccccc1. The topological polar surface area (TPSA) is 116 Å². The molecule has 0 aliphatic carbocycles. The van der Waals surface area contributed by atoms with Crippen LogP contribution in [0.5, 0.6) is 23.0 Å². The molecule has 0 amide bonds. The van der Waals surface area contributed by atoms with Crippen molar-refractivity contribution in [3.8, 4) is 45.3 Å². The number of ketones is 1. The quantitative estimate of drug-likeness (QED) is 0.0839. The van der Waals surface area contributed by atoms with Crippen LogP contribution in [0.25, 0.3) is 22.3 Å². The van der Waals surface area contributed by atoms with Crippen LogP contribution in [0.3, 0.4) is 0 Å². The number of carbonyl (C=O) groups excluding carboxylic acids is 1. The highest BCUT2D eigenvalue weighted by Crippen LogP contribution is 2.44. The van der Waals surface area contributed by atoms with Crippen LogP contribution in [0.2, 0.25) is 0 Å². The summed E-state index contributed by atoms with van der Waals surface area (Å²) in [4.78, 5) is 14.5. The highest BCUT2D eigenvalue weighted by Gasteiger charge is 2.28. The highest BCUT2D eigenvalue weighted by atomic mass is 16.5. The van der Waals surface area contributed by atoms with Gasteiger partial charge in [0.15, 0.2) is 5.78 Å². The summed E-state index contributed by atoms with van der Waals surface area (Å²) in [7, 11) is 0. The molecule has 0 bridgehead atoms. The lowest BCUT2D eigenvalue weighted by atomic mass is 9.86. The van der Waals surface area contributed by atoms with Crippen molar-refractivity contribution in [1.29, 1.82) is 0 Å². The Balaban J connectivity index is 1.49. The number of ether oxygens (including phenoxy) is 2. The number of para-hydroxylation sites is 2. The van der Waals surface area contributed by atoms with Crippen LogP contribution in [0.15, 0.2) is 133 Å². The first-order chi connectivity index (χ1) is 25.3. The molecule has 0 fully saturated rings. The summed E-state index contributed by atoms with van der Waals surface area (Å²) in [5.41, 5.74) is 4.69. The molecule has 4 N–H and O–H groups in total. The minimum Gasteiger partial charge on any atom is -0.507 e. The summed E-state index contributed by atoms with van der Waals surface area (Å²) < 4.78 is 12.3. The molecule has 2 unspecified atom stereocenters. The molecular weight excluding hydrogens is 652 g/mol. The number of hydrogen-bond acceptors (Lipinski definition) is 7. The fraction of sp³-hybridized carbons (Fsp3) is 0.178. The molecule has 7 nitrogen and oxygen atoms in total. The molecule has 0 aromatic heterocycles. The molecule has 7 heteroatoms. The van der Waals surface area contributed by atoms with E-state index in [0.29, 0.717) is 46.6 Å². The van der Waals surface area contributed by atoms with Gasteiger partial charge in [0.1, 0.15) is 23.0 Å². The van der Waals surface area contributed by atoms with Crippen molar-refractivity contribution in [1.82, 2.24) is 0 Å². The van der Waals surface area contributed by atoms with E-state index in [1.807, 2.05) is 74.5 Å². The van der Waals surface area contributed by atoms with Gasteiger partial charge >= 0.3 is 0 Å². The molecule has 2 atom stereocenters. The molecule has 52 heavy (non-hydrogen) atoms. The molecule has 0 radical (unpaired) electrons. The highest BCUT2D eigenvalue weighted by molar-refractivity contribution is 6.13. The maximum absolute atomic E-state index is 14.5. The Morgan fingerprint density at radius 1 is 0.481 bits per heavy atom. The van der Waals surface area contributed by atoms with E-state index >= 15 is 0 Å². The smallest absolute Gasteiger partial charge is 0.200 e. The zero-order valence-electron chi connectivity index (χ0n) is 29.2. The number of benzene rings is 6. The first-order valence-corrected chi connectivity index (χ1v) is 17.5. The van der Waals surface area contributed by atoms with Gasteiger partial charge in [-0.1, -0.05) is 109 Å². The Morgan fingerprint density at radius 2 is 0.846 bits per heavy atom. The van der Waals surface area contributed by atoms with Gasteiger partial charge in [-0.2, -0.15) is 0 Å². The minimum atomic E-state index is -0.592. The summed E-state index contributed by atoms with van der Waals surface area (Å²) in [5, 5.41) is 45.7. The average molecular weight is 695 g/mol.